The number of piperazine rings is 1. The lowest BCUT2D eigenvalue weighted by Crippen LogP contribution is -2.46. The van der Waals surface area contributed by atoms with Crippen LogP contribution in [-0.4, -0.2) is 36.1 Å². The fourth-order valence-corrected chi connectivity index (χ4v) is 5.85. The molecule has 7 rings (SSSR count). The molecule has 1 aliphatic carbocycles. The first-order valence-electron chi connectivity index (χ1n) is 14.3. The van der Waals surface area contributed by atoms with E-state index in [0.717, 1.165) is 54.1 Å². The first-order valence-corrected chi connectivity index (χ1v) is 14.3. The number of pyridine rings is 2. The number of rotatable bonds is 7. The zero-order valence-electron chi connectivity index (χ0n) is 22.9. The largest absolute Gasteiger partial charge is 0.473 e. The van der Waals surface area contributed by atoms with Crippen LogP contribution < -0.4 is 14.5 Å². The van der Waals surface area contributed by atoms with Gasteiger partial charge in [-0.2, -0.15) is 0 Å². The maximum absolute atomic E-state index is 7.27. The van der Waals surface area contributed by atoms with Gasteiger partial charge in [0.1, 0.15) is 6.61 Å². The second kappa shape index (κ2) is 10.9. The van der Waals surface area contributed by atoms with Gasteiger partial charge in [-0.15, -0.1) is 0 Å². The van der Waals surface area contributed by atoms with Crippen molar-refractivity contribution in [3.8, 4) is 17.0 Å². The van der Waals surface area contributed by atoms with Gasteiger partial charge in [-0.05, 0) is 41.5 Å². The highest BCUT2D eigenvalue weighted by Crippen LogP contribution is 2.48. The third-order valence-electron chi connectivity index (χ3n) is 8.14. The Balaban J connectivity index is 1.10. The van der Waals surface area contributed by atoms with Gasteiger partial charge in [0, 0.05) is 55.1 Å². The molecule has 202 valence electrons. The van der Waals surface area contributed by atoms with E-state index in [9.17, 15) is 0 Å². The van der Waals surface area contributed by atoms with Crippen LogP contribution in [0.15, 0.2) is 97.3 Å². The van der Waals surface area contributed by atoms with E-state index in [4.69, 9.17) is 16.3 Å². The summed E-state index contributed by atoms with van der Waals surface area (Å²) in [7, 11) is 0. The van der Waals surface area contributed by atoms with Crippen molar-refractivity contribution in [2.24, 2.45) is 0 Å². The molecule has 6 nitrogen and oxygen atoms in total. The van der Waals surface area contributed by atoms with Crippen LogP contribution >= 0.6 is 0 Å². The summed E-state index contributed by atoms with van der Waals surface area (Å²) in [6.07, 6.45) is 6.41. The van der Waals surface area contributed by atoms with Crippen molar-refractivity contribution in [3.05, 3.63) is 120 Å². The molecule has 0 amide bonds. The number of benzene rings is 3. The molecule has 0 bridgehead atoms. The molecule has 3 aromatic carbocycles. The van der Waals surface area contributed by atoms with E-state index in [1.807, 2.05) is 48.7 Å². The predicted octanol–water partition coefficient (Wildman–Crippen LogP) is 7.63. The van der Waals surface area contributed by atoms with Crippen LogP contribution in [0.4, 0.5) is 17.1 Å². The maximum Gasteiger partial charge on any atom is 0.215 e. The van der Waals surface area contributed by atoms with Crippen molar-refractivity contribution in [2.75, 3.05) is 36.0 Å². The second-order valence-corrected chi connectivity index (χ2v) is 10.8. The zero-order chi connectivity index (χ0) is 27.6. The molecule has 0 spiro atoms. The number of fused-ring (bicyclic) bond motifs is 1. The van der Waals surface area contributed by atoms with Gasteiger partial charge >= 0.3 is 0 Å². The Morgan fingerprint density at radius 2 is 1.61 bits per heavy atom. The SMILES string of the molecule is [C-]#[N+]c1ccc(-c2cccc3c(C4CC4)c(N4CCN(c5ccnc(OCc6ccccc6)c5)CC4)cnc23)cc1. The van der Waals surface area contributed by atoms with E-state index in [1.54, 1.807) is 0 Å². The van der Waals surface area contributed by atoms with Crippen LogP contribution in [0.25, 0.3) is 26.9 Å². The number of aromatic nitrogens is 2. The number of nitrogens with zero attached hydrogens (tertiary/aromatic N) is 5. The smallest absolute Gasteiger partial charge is 0.215 e. The van der Waals surface area contributed by atoms with Crippen LogP contribution in [0.3, 0.4) is 0 Å². The Bertz CT molecular complexity index is 1720. The number of ether oxygens (including phenoxy) is 1. The molecular weight excluding hydrogens is 506 g/mol. The molecule has 1 saturated heterocycles. The first kappa shape index (κ1) is 25.1. The highest BCUT2D eigenvalue weighted by molar-refractivity contribution is 5.98. The topological polar surface area (TPSA) is 45.9 Å². The second-order valence-electron chi connectivity index (χ2n) is 10.8. The molecule has 0 N–H and O–H groups in total. The van der Waals surface area contributed by atoms with Crippen LogP contribution in [0.1, 0.15) is 29.9 Å². The average Bonchev–Trinajstić information content (AvgIpc) is 3.89. The van der Waals surface area contributed by atoms with E-state index in [2.05, 4.69) is 68.3 Å². The van der Waals surface area contributed by atoms with Crippen molar-refractivity contribution in [1.29, 1.82) is 0 Å². The number of para-hydroxylation sites is 1. The summed E-state index contributed by atoms with van der Waals surface area (Å²) in [5.41, 5.74) is 8.94. The van der Waals surface area contributed by atoms with E-state index in [-0.39, 0.29) is 0 Å². The molecule has 1 aliphatic heterocycles. The molecule has 1 saturated carbocycles. The van der Waals surface area contributed by atoms with Crippen molar-refractivity contribution in [2.45, 2.75) is 25.4 Å². The standard InChI is InChI=1S/C35H31N5O/c1-36-28-14-12-26(13-15-28)30-8-5-9-31-34(27-10-11-27)32(23-38-35(30)31)40-20-18-39(19-21-40)29-16-17-37-33(22-29)41-24-25-6-3-2-4-7-25/h2-9,12-17,22-23,27H,10-11,18-21,24H2. The van der Waals surface area contributed by atoms with Gasteiger partial charge in [0.15, 0.2) is 5.69 Å². The normalized spacial score (nSPS) is 15.1. The molecule has 41 heavy (non-hydrogen) atoms. The molecule has 2 aliphatic rings. The first-order chi connectivity index (χ1) is 20.3. The Morgan fingerprint density at radius 3 is 2.37 bits per heavy atom. The lowest BCUT2D eigenvalue weighted by Gasteiger charge is -2.38. The van der Waals surface area contributed by atoms with E-state index in [1.165, 1.54) is 29.5 Å². The van der Waals surface area contributed by atoms with Gasteiger partial charge in [0.25, 0.3) is 0 Å². The van der Waals surface area contributed by atoms with E-state index < -0.39 is 0 Å². The highest BCUT2D eigenvalue weighted by atomic mass is 16.5. The summed E-state index contributed by atoms with van der Waals surface area (Å²) in [6.45, 7) is 11.5. The minimum atomic E-state index is 0.512. The fraction of sp³-hybridized carbons (Fsp3) is 0.229. The molecular formula is C35H31N5O. The van der Waals surface area contributed by atoms with Crippen LogP contribution in [0.2, 0.25) is 0 Å². The van der Waals surface area contributed by atoms with Gasteiger partial charge in [0.2, 0.25) is 5.88 Å². The molecule has 0 atom stereocenters. The number of hydrogen-bond acceptors (Lipinski definition) is 5. The van der Waals surface area contributed by atoms with Crippen molar-refractivity contribution >= 4 is 28.0 Å². The molecule has 0 unspecified atom stereocenters. The summed E-state index contributed by atoms with van der Waals surface area (Å²) < 4.78 is 5.99. The lowest BCUT2D eigenvalue weighted by molar-refractivity contribution is 0.294. The fourth-order valence-electron chi connectivity index (χ4n) is 5.85. The van der Waals surface area contributed by atoms with Crippen molar-refractivity contribution < 1.29 is 4.74 Å². The highest BCUT2D eigenvalue weighted by Gasteiger charge is 2.31. The van der Waals surface area contributed by atoms with Gasteiger partial charge < -0.3 is 14.5 Å². The van der Waals surface area contributed by atoms with Gasteiger partial charge in [-0.25, -0.2) is 9.83 Å². The van der Waals surface area contributed by atoms with Gasteiger partial charge in [-0.3, -0.25) is 4.98 Å². The van der Waals surface area contributed by atoms with Crippen molar-refractivity contribution in [1.82, 2.24) is 9.97 Å². The maximum atomic E-state index is 7.27. The van der Waals surface area contributed by atoms with Gasteiger partial charge in [0.05, 0.1) is 24.0 Å². The molecule has 2 fully saturated rings. The number of anilines is 2. The van der Waals surface area contributed by atoms with E-state index >= 15 is 0 Å². The van der Waals surface area contributed by atoms with Crippen LogP contribution in [-0.2, 0) is 6.61 Å². The van der Waals surface area contributed by atoms with Gasteiger partial charge in [-0.1, -0.05) is 72.8 Å². The van der Waals surface area contributed by atoms with Crippen LogP contribution in [0.5, 0.6) is 5.88 Å². The Morgan fingerprint density at radius 1 is 0.829 bits per heavy atom. The summed E-state index contributed by atoms with van der Waals surface area (Å²) >= 11 is 0. The molecule has 5 aromatic rings. The predicted molar refractivity (Wildman–Crippen MR) is 165 cm³/mol. The molecule has 2 aromatic heterocycles. The molecule has 6 heteroatoms. The van der Waals surface area contributed by atoms with Crippen molar-refractivity contribution in [3.63, 3.8) is 0 Å². The average molecular weight is 538 g/mol. The number of hydrogen-bond donors (Lipinski definition) is 0. The minimum absolute atomic E-state index is 0.512. The third kappa shape index (κ3) is 5.19. The Kier molecular flexibility index (Phi) is 6.70. The summed E-state index contributed by atoms with van der Waals surface area (Å²) in [5, 5.41) is 1.26. The lowest BCUT2D eigenvalue weighted by atomic mass is 9.96. The molecule has 0 radical (unpaired) electrons. The van der Waals surface area contributed by atoms with E-state index in [0.29, 0.717) is 24.1 Å². The quantitative estimate of drug-likeness (QED) is 0.200. The monoisotopic (exact) mass is 537 g/mol. The Labute approximate surface area is 240 Å². The Hall–Kier alpha value is -4.89. The minimum Gasteiger partial charge on any atom is -0.473 e. The summed E-state index contributed by atoms with van der Waals surface area (Å²) in [5.74, 6) is 1.25. The third-order valence-corrected chi connectivity index (χ3v) is 8.14. The van der Waals surface area contributed by atoms with Crippen LogP contribution in [0, 0.1) is 6.57 Å². The summed E-state index contributed by atoms with van der Waals surface area (Å²) in [4.78, 5) is 18.0. The molecule has 3 heterocycles. The zero-order valence-corrected chi connectivity index (χ0v) is 22.9. The summed E-state index contributed by atoms with van der Waals surface area (Å²) in [6, 6.07) is 28.7.